The second-order valence-corrected chi connectivity index (χ2v) is 8.27. The molecule has 2 aromatic heterocycles. The van der Waals surface area contributed by atoms with E-state index in [0.717, 1.165) is 63.7 Å². The van der Waals surface area contributed by atoms with Crippen LogP contribution in [0.2, 0.25) is 0 Å². The summed E-state index contributed by atoms with van der Waals surface area (Å²) in [5.74, 6) is 2.84. The van der Waals surface area contributed by atoms with Gasteiger partial charge in [0.1, 0.15) is 5.82 Å². The Bertz CT molecular complexity index is 728. The van der Waals surface area contributed by atoms with Crippen molar-refractivity contribution in [2.24, 2.45) is 11.8 Å². The molecule has 0 unspecified atom stereocenters. The van der Waals surface area contributed by atoms with Gasteiger partial charge < -0.3 is 15.0 Å². The number of anilines is 2. The molecular weight excluding hydrogens is 354 g/mol. The number of hydrogen-bond acceptors (Lipinski definition) is 7. The molecule has 2 fully saturated rings. The maximum atomic E-state index is 6.00. The number of hydrogen-bond donors (Lipinski definition) is 1. The molecule has 152 valence electrons. The number of rotatable bonds is 6. The van der Waals surface area contributed by atoms with E-state index < -0.39 is 0 Å². The Morgan fingerprint density at radius 3 is 2.82 bits per heavy atom. The van der Waals surface area contributed by atoms with Crippen LogP contribution in [0.4, 0.5) is 11.8 Å². The molecule has 0 bridgehead atoms. The summed E-state index contributed by atoms with van der Waals surface area (Å²) >= 11 is 0. The van der Waals surface area contributed by atoms with Crippen molar-refractivity contribution in [3.63, 3.8) is 0 Å². The van der Waals surface area contributed by atoms with Crippen molar-refractivity contribution in [2.45, 2.75) is 58.2 Å². The molecule has 8 nitrogen and oxygen atoms in total. The molecule has 28 heavy (non-hydrogen) atoms. The molecule has 2 atom stereocenters. The zero-order valence-electron chi connectivity index (χ0n) is 16.9. The van der Waals surface area contributed by atoms with Crippen molar-refractivity contribution >= 4 is 11.8 Å². The highest BCUT2D eigenvalue weighted by molar-refractivity contribution is 5.42. The summed E-state index contributed by atoms with van der Waals surface area (Å²) in [4.78, 5) is 11.6. The lowest BCUT2D eigenvalue weighted by atomic mass is 9.94. The molecule has 2 aliphatic heterocycles. The lowest BCUT2D eigenvalue weighted by Crippen LogP contribution is -2.43. The first-order chi connectivity index (χ1) is 13.7. The van der Waals surface area contributed by atoms with E-state index in [9.17, 15) is 0 Å². The van der Waals surface area contributed by atoms with Crippen LogP contribution in [0.25, 0.3) is 0 Å². The molecule has 8 heteroatoms. The van der Waals surface area contributed by atoms with Crippen molar-refractivity contribution in [1.29, 1.82) is 0 Å². The summed E-state index contributed by atoms with van der Waals surface area (Å²) in [6.07, 6.45) is 10.2. The van der Waals surface area contributed by atoms with Crippen LogP contribution < -0.4 is 10.2 Å². The standard InChI is InChI=1S/C20H31N7O/c1-15(2)19-17(4-3-13-28-19)23-18-5-8-21-20(24-18)26-10-6-16(7-11-26)14-27-12-9-22-25-27/h5,8-9,12,15-17,19H,3-4,6-7,10-11,13-14H2,1-2H3,(H,21,23,24)/t17-,19+/m1/s1. The molecule has 4 heterocycles. The highest BCUT2D eigenvalue weighted by Gasteiger charge is 2.29. The Morgan fingerprint density at radius 2 is 2.07 bits per heavy atom. The van der Waals surface area contributed by atoms with Gasteiger partial charge in [-0.15, -0.1) is 5.10 Å². The van der Waals surface area contributed by atoms with Gasteiger partial charge >= 0.3 is 0 Å². The van der Waals surface area contributed by atoms with Gasteiger partial charge in [-0.3, -0.25) is 4.68 Å². The van der Waals surface area contributed by atoms with Crippen LogP contribution in [-0.4, -0.2) is 56.8 Å². The van der Waals surface area contributed by atoms with Gasteiger partial charge in [-0.2, -0.15) is 4.98 Å². The molecule has 0 saturated carbocycles. The normalized spacial score (nSPS) is 23.9. The fraction of sp³-hybridized carbons (Fsp3) is 0.700. The number of aromatic nitrogens is 5. The lowest BCUT2D eigenvalue weighted by molar-refractivity contribution is -0.0203. The van der Waals surface area contributed by atoms with E-state index >= 15 is 0 Å². The molecule has 0 aliphatic carbocycles. The topological polar surface area (TPSA) is 81.0 Å². The first kappa shape index (κ1) is 19.1. The quantitative estimate of drug-likeness (QED) is 0.818. The monoisotopic (exact) mass is 385 g/mol. The van der Waals surface area contributed by atoms with Crippen molar-refractivity contribution in [1.82, 2.24) is 25.0 Å². The highest BCUT2D eigenvalue weighted by atomic mass is 16.5. The summed E-state index contributed by atoms with van der Waals surface area (Å²) in [7, 11) is 0. The van der Waals surface area contributed by atoms with Gasteiger partial charge in [-0.25, -0.2) is 4.98 Å². The molecule has 2 aromatic rings. The highest BCUT2D eigenvalue weighted by Crippen LogP contribution is 2.25. The van der Waals surface area contributed by atoms with Crippen LogP contribution in [0.15, 0.2) is 24.7 Å². The third-order valence-electron chi connectivity index (χ3n) is 5.81. The molecule has 4 rings (SSSR count). The van der Waals surface area contributed by atoms with E-state index in [1.165, 1.54) is 0 Å². The van der Waals surface area contributed by atoms with Crippen molar-refractivity contribution < 1.29 is 4.74 Å². The molecule has 2 saturated heterocycles. The number of ether oxygens (including phenoxy) is 1. The summed E-state index contributed by atoms with van der Waals surface area (Å²) in [6.45, 7) is 8.20. The Morgan fingerprint density at radius 1 is 1.21 bits per heavy atom. The number of piperidine rings is 1. The molecule has 0 radical (unpaired) electrons. The lowest BCUT2D eigenvalue weighted by Gasteiger charge is -2.35. The average Bonchev–Trinajstić information content (AvgIpc) is 3.22. The first-order valence-electron chi connectivity index (χ1n) is 10.5. The summed E-state index contributed by atoms with van der Waals surface area (Å²) < 4.78 is 7.93. The van der Waals surface area contributed by atoms with Crippen LogP contribution in [0.1, 0.15) is 39.5 Å². The second-order valence-electron chi connectivity index (χ2n) is 8.27. The minimum atomic E-state index is 0.236. The Hall–Kier alpha value is -2.22. The van der Waals surface area contributed by atoms with E-state index in [2.05, 4.69) is 39.4 Å². The predicted molar refractivity (Wildman–Crippen MR) is 108 cm³/mol. The maximum Gasteiger partial charge on any atom is 0.227 e. The molecule has 1 N–H and O–H groups in total. The van der Waals surface area contributed by atoms with Gasteiger partial charge in [0, 0.05) is 38.6 Å². The van der Waals surface area contributed by atoms with Gasteiger partial charge in [-0.05, 0) is 43.6 Å². The Labute approximate surface area is 166 Å². The zero-order valence-corrected chi connectivity index (χ0v) is 16.9. The van der Waals surface area contributed by atoms with Crippen molar-refractivity contribution in [2.75, 3.05) is 29.9 Å². The van der Waals surface area contributed by atoms with Gasteiger partial charge in [0.25, 0.3) is 0 Å². The fourth-order valence-electron chi connectivity index (χ4n) is 4.30. The van der Waals surface area contributed by atoms with Gasteiger partial charge in [0.2, 0.25) is 5.95 Å². The van der Waals surface area contributed by atoms with Crippen LogP contribution in [0.5, 0.6) is 0 Å². The second kappa shape index (κ2) is 8.86. The SMILES string of the molecule is CC(C)[C@@H]1OCCC[C@H]1Nc1ccnc(N2CCC(Cn3ccnn3)CC2)n1. The van der Waals surface area contributed by atoms with Crippen LogP contribution in [-0.2, 0) is 11.3 Å². The maximum absolute atomic E-state index is 6.00. The largest absolute Gasteiger partial charge is 0.376 e. The van der Waals surface area contributed by atoms with Crippen molar-refractivity contribution in [3.8, 4) is 0 Å². The molecule has 0 spiro atoms. The molecule has 2 aliphatic rings. The van der Waals surface area contributed by atoms with Gasteiger partial charge in [-0.1, -0.05) is 19.1 Å². The van der Waals surface area contributed by atoms with E-state index in [-0.39, 0.29) is 6.10 Å². The van der Waals surface area contributed by atoms with Gasteiger partial charge in [0.15, 0.2) is 0 Å². The smallest absolute Gasteiger partial charge is 0.227 e. The van der Waals surface area contributed by atoms with Crippen LogP contribution in [0, 0.1) is 11.8 Å². The molecular formula is C20H31N7O. The Balaban J connectivity index is 1.35. The van der Waals surface area contributed by atoms with E-state index in [1.807, 2.05) is 23.1 Å². The van der Waals surface area contributed by atoms with E-state index in [0.29, 0.717) is 17.9 Å². The first-order valence-corrected chi connectivity index (χ1v) is 10.5. The fourth-order valence-corrected chi connectivity index (χ4v) is 4.30. The summed E-state index contributed by atoms with van der Waals surface area (Å²) in [6, 6.07) is 2.28. The Kier molecular flexibility index (Phi) is 6.04. The summed E-state index contributed by atoms with van der Waals surface area (Å²) in [5, 5.41) is 11.6. The summed E-state index contributed by atoms with van der Waals surface area (Å²) in [5.41, 5.74) is 0. The third kappa shape index (κ3) is 4.60. The minimum Gasteiger partial charge on any atom is -0.376 e. The van der Waals surface area contributed by atoms with Crippen molar-refractivity contribution in [3.05, 3.63) is 24.7 Å². The minimum absolute atomic E-state index is 0.236. The predicted octanol–water partition coefficient (Wildman–Crippen LogP) is 2.60. The zero-order chi connectivity index (χ0) is 19.3. The molecule has 0 aromatic carbocycles. The number of nitrogens with one attached hydrogen (secondary N) is 1. The molecule has 0 amide bonds. The number of nitrogens with zero attached hydrogens (tertiary/aromatic N) is 6. The van der Waals surface area contributed by atoms with Crippen LogP contribution in [0.3, 0.4) is 0 Å². The van der Waals surface area contributed by atoms with Crippen LogP contribution >= 0.6 is 0 Å². The van der Waals surface area contributed by atoms with Gasteiger partial charge in [0.05, 0.1) is 18.3 Å². The third-order valence-corrected chi connectivity index (χ3v) is 5.81. The average molecular weight is 386 g/mol. The van der Waals surface area contributed by atoms with E-state index in [1.54, 1.807) is 6.20 Å². The van der Waals surface area contributed by atoms with E-state index in [4.69, 9.17) is 9.72 Å².